The molecule has 4 nitrogen and oxygen atoms in total. The van der Waals surface area contributed by atoms with E-state index in [0.29, 0.717) is 36.1 Å². The van der Waals surface area contributed by atoms with E-state index in [1.165, 1.54) is 17.7 Å². The van der Waals surface area contributed by atoms with Crippen molar-refractivity contribution >= 4 is 17.5 Å². The Balaban J connectivity index is 1.17. The molecular weight excluding hydrogens is 513 g/mol. The molecule has 3 aromatic rings. The summed E-state index contributed by atoms with van der Waals surface area (Å²) in [6, 6.07) is 22.7. The standard InChI is InChI=1S/C30H30ClF3N2O2/c31-25-12-8-23(9-13-25)28(38-20-21-6-10-24(11-7-21)30(32,33)34)19-35-14-16-36(17-15-35)29(37)27-18-26(27)22-4-2-1-3-5-22/h1-13,26-28H,14-20H2/t26-,27-,28-/m0/s1. The van der Waals surface area contributed by atoms with Gasteiger partial charge in [-0.25, -0.2) is 0 Å². The molecule has 2 fully saturated rings. The summed E-state index contributed by atoms with van der Waals surface area (Å²) in [4.78, 5) is 17.3. The number of carbonyl (C=O) groups excluding carboxylic acids is 1. The van der Waals surface area contributed by atoms with Crippen molar-refractivity contribution in [2.45, 2.75) is 31.2 Å². The van der Waals surface area contributed by atoms with Crippen molar-refractivity contribution in [3.8, 4) is 0 Å². The highest BCUT2D eigenvalue weighted by Crippen LogP contribution is 2.48. The Hall–Kier alpha value is -2.87. The molecule has 1 amide bonds. The predicted molar refractivity (Wildman–Crippen MR) is 141 cm³/mol. The normalized spacial score (nSPS) is 20.8. The maximum absolute atomic E-state index is 13.1. The Morgan fingerprint density at radius 3 is 2.21 bits per heavy atom. The fourth-order valence-electron chi connectivity index (χ4n) is 5.07. The number of carbonyl (C=O) groups is 1. The summed E-state index contributed by atoms with van der Waals surface area (Å²) in [5.74, 6) is 0.652. The number of alkyl halides is 3. The summed E-state index contributed by atoms with van der Waals surface area (Å²) < 4.78 is 44.9. The van der Waals surface area contributed by atoms with Crippen LogP contribution in [-0.4, -0.2) is 48.4 Å². The zero-order chi connectivity index (χ0) is 26.7. The van der Waals surface area contributed by atoms with Crippen LogP contribution in [0.15, 0.2) is 78.9 Å². The molecule has 1 aliphatic heterocycles. The summed E-state index contributed by atoms with van der Waals surface area (Å²) in [6.07, 6.45) is -3.74. The highest BCUT2D eigenvalue weighted by Gasteiger charge is 2.46. The maximum atomic E-state index is 13.1. The Morgan fingerprint density at radius 1 is 0.921 bits per heavy atom. The molecular formula is C30H30ClF3N2O2. The van der Waals surface area contributed by atoms with Crippen molar-refractivity contribution in [2.24, 2.45) is 5.92 Å². The lowest BCUT2D eigenvalue weighted by molar-refractivity contribution is -0.137. The molecule has 1 saturated carbocycles. The van der Waals surface area contributed by atoms with Crippen molar-refractivity contribution in [1.29, 1.82) is 0 Å². The molecule has 3 aromatic carbocycles. The topological polar surface area (TPSA) is 32.8 Å². The average Bonchev–Trinajstić information content (AvgIpc) is 3.73. The van der Waals surface area contributed by atoms with Gasteiger partial charge in [0.1, 0.15) is 0 Å². The van der Waals surface area contributed by atoms with Crippen LogP contribution in [0.4, 0.5) is 13.2 Å². The van der Waals surface area contributed by atoms with Crippen LogP contribution in [-0.2, 0) is 22.3 Å². The fourth-order valence-corrected chi connectivity index (χ4v) is 5.20. The Labute approximate surface area is 226 Å². The Kier molecular flexibility index (Phi) is 8.07. The molecule has 200 valence electrons. The highest BCUT2D eigenvalue weighted by molar-refractivity contribution is 6.30. The van der Waals surface area contributed by atoms with Gasteiger partial charge in [-0.15, -0.1) is 0 Å². The van der Waals surface area contributed by atoms with Crippen LogP contribution in [0.2, 0.25) is 5.02 Å². The summed E-state index contributed by atoms with van der Waals surface area (Å²) >= 11 is 6.08. The minimum atomic E-state index is -4.36. The first kappa shape index (κ1) is 26.7. The van der Waals surface area contributed by atoms with Crippen LogP contribution in [0, 0.1) is 5.92 Å². The SMILES string of the molecule is O=C([C@H]1C[C@H]1c1ccccc1)N1CCN(C[C@H](OCc2ccc(C(F)(F)F)cc2)c2ccc(Cl)cc2)CC1. The molecule has 8 heteroatoms. The Bertz CT molecular complexity index is 1210. The third kappa shape index (κ3) is 6.57. The number of nitrogens with zero attached hydrogens (tertiary/aromatic N) is 2. The van der Waals surface area contributed by atoms with Crippen LogP contribution in [0.25, 0.3) is 0 Å². The average molecular weight is 543 g/mol. The van der Waals surface area contributed by atoms with Crippen LogP contribution in [0.1, 0.15) is 40.7 Å². The van der Waals surface area contributed by atoms with E-state index in [2.05, 4.69) is 17.0 Å². The third-order valence-electron chi connectivity index (χ3n) is 7.42. The van der Waals surface area contributed by atoms with E-state index in [1.54, 1.807) is 12.1 Å². The Morgan fingerprint density at radius 2 is 1.58 bits per heavy atom. The first-order valence-electron chi connectivity index (χ1n) is 12.9. The molecule has 3 atom stereocenters. The van der Waals surface area contributed by atoms with Crippen molar-refractivity contribution in [3.63, 3.8) is 0 Å². The molecule has 0 aromatic heterocycles. The predicted octanol–water partition coefficient (Wildman–Crippen LogP) is 6.56. The van der Waals surface area contributed by atoms with Crippen LogP contribution >= 0.6 is 11.6 Å². The minimum Gasteiger partial charge on any atom is -0.368 e. The number of ether oxygens (including phenoxy) is 1. The summed E-state index contributed by atoms with van der Waals surface area (Å²) in [5.41, 5.74) is 2.18. The largest absolute Gasteiger partial charge is 0.416 e. The van der Waals surface area contributed by atoms with Crippen molar-refractivity contribution in [1.82, 2.24) is 9.80 Å². The lowest BCUT2D eigenvalue weighted by atomic mass is 10.1. The van der Waals surface area contributed by atoms with E-state index in [4.69, 9.17) is 16.3 Å². The van der Waals surface area contributed by atoms with Crippen LogP contribution in [0.3, 0.4) is 0 Å². The van der Waals surface area contributed by atoms with Gasteiger partial charge in [-0.1, -0.05) is 66.2 Å². The van der Waals surface area contributed by atoms with E-state index in [-0.39, 0.29) is 24.5 Å². The minimum absolute atomic E-state index is 0.0813. The molecule has 38 heavy (non-hydrogen) atoms. The smallest absolute Gasteiger partial charge is 0.368 e. The van der Waals surface area contributed by atoms with Crippen molar-refractivity contribution in [2.75, 3.05) is 32.7 Å². The van der Waals surface area contributed by atoms with E-state index in [0.717, 1.165) is 37.2 Å². The molecule has 1 saturated heterocycles. The molecule has 5 rings (SSSR count). The van der Waals surface area contributed by atoms with Gasteiger partial charge >= 0.3 is 6.18 Å². The summed E-state index contributed by atoms with van der Waals surface area (Å²) in [5, 5.41) is 0.622. The molecule has 0 N–H and O–H groups in total. The van der Waals surface area contributed by atoms with Gasteiger partial charge in [-0.05, 0) is 53.3 Å². The number of hydrogen-bond acceptors (Lipinski definition) is 3. The first-order chi connectivity index (χ1) is 18.3. The molecule has 0 bridgehead atoms. The lowest BCUT2D eigenvalue weighted by Gasteiger charge is -2.36. The molecule has 2 aliphatic rings. The van der Waals surface area contributed by atoms with Gasteiger partial charge in [0.05, 0.1) is 18.3 Å². The van der Waals surface area contributed by atoms with Crippen molar-refractivity contribution < 1.29 is 22.7 Å². The highest BCUT2D eigenvalue weighted by atomic mass is 35.5. The molecule has 0 unspecified atom stereocenters. The van der Waals surface area contributed by atoms with Gasteiger partial charge in [0, 0.05) is 43.7 Å². The number of piperazine rings is 1. The number of halogens is 4. The molecule has 1 aliphatic carbocycles. The summed E-state index contributed by atoms with van der Waals surface area (Å²) in [7, 11) is 0. The van der Waals surface area contributed by atoms with Gasteiger partial charge in [-0.2, -0.15) is 13.2 Å². The quantitative estimate of drug-likeness (QED) is 0.323. The number of amides is 1. The van der Waals surface area contributed by atoms with E-state index in [9.17, 15) is 18.0 Å². The second kappa shape index (κ2) is 11.5. The van der Waals surface area contributed by atoms with Gasteiger partial charge in [0.25, 0.3) is 0 Å². The number of rotatable bonds is 8. The van der Waals surface area contributed by atoms with E-state index in [1.807, 2.05) is 35.2 Å². The molecule has 0 spiro atoms. The monoisotopic (exact) mass is 542 g/mol. The number of benzene rings is 3. The lowest BCUT2D eigenvalue weighted by Crippen LogP contribution is -2.50. The van der Waals surface area contributed by atoms with Gasteiger partial charge in [0.15, 0.2) is 0 Å². The maximum Gasteiger partial charge on any atom is 0.416 e. The van der Waals surface area contributed by atoms with Crippen LogP contribution < -0.4 is 0 Å². The molecule has 1 heterocycles. The van der Waals surface area contributed by atoms with E-state index < -0.39 is 11.7 Å². The number of hydrogen-bond donors (Lipinski definition) is 0. The van der Waals surface area contributed by atoms with Gasteiger partial charge in [-0.3, -0.25) is 9.69 Å². The fraction of sp³-hybridized carbons (Fsp3) is 0.367. The molecule has 0 radical (unpaired) electrons. The second-order valence-electron chi connectivity index (χ2n) is 10.0. The first-order valence-corrected chi connectivity index (χ1v) is 13.2. The van der Waals surface area contributed by atoms with Gasteiger partial charge in [0.2, 0.25) is 5.91 Å². The summed E-state index contributed by atoms with van der Waals surface area (Å²) in [6.45, 7) is 3.61. The van der Waals surface area contributed by atoms with Crippen molar-refractivity contribution in [3.05, 3.63) is 106 Å². The third-order valence-corrected chi connectivity index (χ3v) is 7.67. The zero-order valence-electron chi connectivity index (χ0n) is 20.9. The van der Waals surface area contributed by atoms with Crippen LogP contribution in [0.5, 0.6) is 0 Å². The zero-order valence-corrected chi connectivity index (χ0v) is 21.7. The van der Waals surface area contributed by atoms with Gasteiger partial charge < -0.3 is 9.64 Å². The van der Waals surface area contributed by atoms with E-state index >= 15 is 0 Å². The second-order valence-corrected chi connectivity index (χ2v) is 10.5.